The van der Waals surface area contributed by atoms with Gasteiger partial charge >= 0.3 is 6.09 Å². The molecule has 0 aliphatic carbocycles. The molecule has 0 bridgehead atoms. The molecule has 0 aliphatic heterocycles. The molecule has 0 fully saturated rings. The number of hydrogen-bond acceptors (Lipinski definition) is 10. The number of hydrogen-bond donors (Lipinski definition) is 7. The monoisotopic (exact) mass is 814 g/mol. The normalized spacial score (nSPS) is 13.9. The van der Waals surface area contributed by atoms with Crippen LogP contribution in [0.2, 0.25) is 0 Å². The molecule has 0 spiro atoms. The lowest BCUT2D eigenvalue weighted by molar-refractivity contribution is -0.136. The van der Waals surface area contributed by atoms with Crippen LogP contribution in [0.25, 0.3) is 0 Å². The van der Waals surface area contributed by atoms with Gasteiger partial charge in [0.1, 0.15) is 48.5 Å². The Morgan fingerprint density at radius 2 is 0.966 bits per heavy atom. The topological polar surface area (TPSA) is 242 Å². The van der Waals surface area contributed by atoms with Gasteiger partial charge in [-0.25, -0.2) is 4.79 Å². The van der Waals surface area contributed by atoms with E-state index in [-0.39, 0.29) is 18.7 Å². The summed E-state index contributed by atoms with van der Waals surface area (Å²) in [7, 11) is 0. The van der Waals surface area contributed by atoms with Crippen molar-refractivity contribution in [3.05, 3.63) is 101 Å². The molecule has 0 saturated carbocycles. The van der Waals surface area contributed by atoms with E-state index >= 15 is 0 Å². The lowest BCUT2D eigenvalue weighted by atomic mass is 9.98. The maximum absolute atomic E-state index is 13.9. The molecule has 0 unspecified atom stereocenters. The predicted octanol–water partition coefficient (Wildman–Crippen LogP) is 3.36. The summed E-state index contributed by atoms with van der Waals surface area (Å²) >= 11 is 0. The lowest BCUT2D eigenvalue weighted by Crippen LogP contribution is -2.61. The van der Waals surface area contributed by atoms with Crippen molar-refractivity contribution in [3.63, 3.8) is 0 Å². The second-order valence-electron chi connectivity index (χ2n) is 14.7. The summed E-state index contributed by atoms with van der Waals surface area (Å²) in [5.74, 6) is -4.83. The largest absolute Gasteiger partial charge is 0.445 e. The van der Waals surface area contributed by atoms with E-state index in [1.54, 1.807) is 82.3 Å². The van der Waals surface area contributed by atoms with Crippen molar-refractivity contribution in [2.75, 3.05) is 5.32 Å². The third-order valence-electron chi connectivity index (χ3n) is 9.09. The Labute approximate surface area is 343 Å². The summed E-state index contributed by atoms with van der Waals surface area (Å²) in [6, 6.07) is 17.0. The standard InChI is InChI=1S/C42H54N8O9/c1-24(2)34(40(55)44-26(5)37(52)46-31-18-20-32(50-58)21-19-31)49-41(56)35(25(3)4)48-39(54)33(22-29-14-10-8-11-15-29)47-38(53)27(6)43-36(51)28(7)45-42(57)59-23-30-16-12-9-13-17-30/h8-21,24-28,33-35H,22-23H2,1-7H3,(H,43,51)(H,44,55)(H,45,57)(H,46,52)(H,47,53)(H,48,54)(H,49,56)/t26-,27-,28-,33-,34-,35-/m0/s1. The molecule has 3 aromatic rings. The molecule has 3 rings (SSSR count). The van der Waals surface area contributed by atoms with E-state index in [2.05, 4.69) is 42.4 Å². The number of nitrogens with zero attached hydrogens (tertiary/aromatic N) is 1. The zero-order valence-electron chi connectivity index (χ0n) is 34.2. The summed E-state index contributed by atoms with van der Waals surface area (Å²) in [4.78, 5) is 103. The fraction of sp³-hybridized carbons (Fsp3) is 0.405. The first-order chi connectivity index (χ1) is 28.0. The highest BCUT2D eigenvalue weighted by atomic mass is 16.5. The Morgan fingerprint density at radius 1 is 0.508 bits per heavy atom. The van der Waals surface area contributed by atoms with Crippen molar-refractivity contribution in [1.82, 2.24) is 31.9 Å². The Kier molecular flexibility index (Phi) is 18.2. The van der Waals surface area contributed by atoms with Gasteiger partial charge in [0.25, 0.3) is 0 Å². The van der Waals surface area contributed by atoms with Crippen LogP contribution < -0.4 is 37.2 Å². The van der Waals surface area contributed by atoms with Crippen molar-refractivity contribution >= 4 is 52.9 Å². The summed E-state index contributed by atoms with van der Waals surface area (Å²) in [5.41, 5.74) is 2.03. The number of benzene rings is 3. The maximum atomic E-state index is 13.9. The predicted molar refractivity (Wildman–Crippen MR) is 221 cm³/mol. The molecule has 3 aromatic carbocycles. The average Bonchev–Trinajstić information content (AvgIpc) is 3.21. The number of carbonyl (C=O) groups is 7. The van der Waals surface area contributed by atoms with Gasteiger partial charge in [-0.05, 0) is 73.2 Å². The summed E-state index contributed by atoms with van der Waals surface area (Å²) in [6.07, 6.45) is -0.792. The number of rotatable bonds is 20. The molecular formula is C42H54N8O9. The van der Waals surface area contributed by atoms with Crippen molar-refractivity contribution in [3.8, 4) is 0 Å². The number of carbonyl (C=O) groups excluding carboxylic acids is 7. The smallest absolute Gasteiger partial charge is 0.408 e. The van der Waals surface area contributed by atoms with Crippen LogP contribution in [0.5, 0.6) is 0 Å². The van der Waals surface area contributed by atoms with Crippen LogP contribution >= 0.6 is 0 Å². The van der Waals surface area contributed by atoms with Crippen LogP contribution in [-0.2, 0) is 46.5 Å². The van der Waals surface area contributed by atoms with Gasteiger partial charge in [-0.3, -0.25) is 28.8 Å². The minimum absolute atomic E-state index is 0.00205. The lowest BCUT2D eigenvalue weighted by Gasteiger charge is -2.29. The molecule has 7 amide bonds. The first kappa shape index (κ1) is 46.7. The van der Waals surface area contributed by atoms with Crippen LogP contribution in [0.15, 0.2) is 90.1 Å². The summed E-state index contributed by atoms with van der Waals surface area (Å²) in [5, 5.41) is 21.1. The molecular weight excluding hydrogens is 761 g/mol. The molecule has 0 aromatic heterocycles. The molecule has 6 atom stereocenters. The first-order valence-corrected chi connectivity index (χ1v) is 19.3. The molecule has 0 aliphatic rings. The van der Waals surface area contributed by atoms with Gasteiger partial charge in [0.2, 0.25) is 35.4 Å². The Morgan fingerprint density at radius 3 is 1.51 bits per heavy atom. The van der Waals surface area contributed by atoms with Gasteiger partial charge in [0.15, 0.2) is 0 Å². The van der Waals surface area contributed by atoms with Crippen molar-refractivity contribution in [1.29, 1.82) is 0 Å². The van der Waals surface area contributed by atoms with E-state index in [9.17, 15) is 38.5 Å². The summed E-state index contributed by atoms with van der Waals surface area (Å²) < 4.78 is 5.17. The molecule has 7 N–H and O–H groups in total. The van der Waals surface area contributed by atoms with Gasteiger partial charge in [-0.2, -0.15) is 0 Å². The van der Waals surface area contributed by atoms with Gasteiger partial charge in [0, 0.05) is 12.1 Å². The molecule has 59 heavy (non-hydrogen) atoms. The number of amides is 7. The fourth-order valence-electron chi connectivity index (χ4n) is 5.56. The third-order valence-corrected chi connectivity index (χ3v) is 9.09. The van der Waals surface area contributed by atoms with Gasteiger partial charge in [-0.15, -0.1) is 4.91 Å². The minimum atomic E-state index is -1.20. The highest BCUT2D eigenvalue weighted by molar-refractivity contribution is 5.99. The Hall–Kier alpha value is -6.65. The van der Waals surface area contributed by atoms with Crippen LogP contribution in [0.1, 0.15) is 59.6 Å². The van der Waals surface area contributed by atoms with E-state index in [0.29, 0.717) is 11.3 Å². The van der Waals surface area contributed by atoms with E-state index < -0.39 is 89.6 Å². The van der Waals surface area contributed by atoms with Crippen LogP contribution in [-0.4, -0.2) is 77.8 Å². The highest BCUT2D eigenvalue weighted by Gasteiger charge is 2.34. The molecule has 0 heterocycles. The third kappa shape index (κ3) is 15.3. The van der Waals surface area contributed by atoms with E-state index in [4.69, 9.17) is 4.74 Å². The zero-order valence-corrected chi connectivity index (χ0v) is 34.2. The van der Waals surface area contributed by atoms with E-state index in [0.717, 1.165) is 5.56 Å². The van der Waals surface area contributed by atoms with Crippen molar-refractivity contribution < 1.29 is 38.3 Å². The van der Waals surface area contributed by atoms with Gasteiger partial charge < -0.3 is 42.0 Å². The zero-order chi connectivity index (χ0) is 43.6. The number of alkyl carbamates (subject to hydrolysis) is 1. The summed E-state index contributed by atoms with van der Waals surface area (Å²) in [6.45, 7) is 11.1. The second kappa shape index (κ2) is 22.9. The van der Waals surface area contributed by atoms with E-state index in [1.807, 2.05) is 6.07 Å². The molecule has 17 heteroatoms. The molecule has 0 radical (unpaired) electrons. The maximum Gasteiger partial charge on any atom is 0.408 e. The van der Waals surface area contributed by atoms with Gasteiger partial charge in [-0.1, -0.05) is 88.4 Å². The quantitative estimate of drug-likeness (QED) is 0.0827. The fourth-order valence-corrected chi connectivity index (χ4v) is 5.56. The Balaban J connectivity index is 1.65. The van der Waals surface area contributed by atoms with Crippen molar-refractivity contribution in [2.45, 2.75) is 97.7 Å². The SMILES string of the molecule is CC(C)[C@H](NC(=O)[C@H](Cc1ccccc1)NC(=O)[C@H](C)NC(=O)[C@H](C)NC(=O)OCc1ccccc1)C(=O)N[C@H](C(=O)N[C@@H](C)C(=O)Nc1ccc(N=O)cc1)C(C)C. The van der Waals surface area contributed by atoms with Crippen LogP contribution in [0, 0.1) is 16.7 Å². The Bertz CT molecular complexity index is 1910. The molecule has 316 valence electrons. The number of nitroso groups, excluding NO2 is 1. The van der Waals surface area contributed by atoms with Gasteiger partial charge in [0.05, 0.1) is 0 Å². The number of anilines is 1. The van der Waals surface area contributed by atoms with Crippen molar-refractivity contribution in [2.24, 2.45) is 17.0 Å². The van der Waals surface area contributed by atoms with E-state index in [1.165, 1.54) is 45.0 Å². The first-order valence-electron chi connectivity index (χ1n) is 19.3. The van der Waals surface area contributed by atoms with Crippen LogP contribution in [0.3, 0.4) is 0 Å². The molecule has 17 nitrogen and oxygen atoms in total. The van der Waals surface area contributed by atoms with Crippen LogP contribution in [0.4, 0.5) is 16.2 Å². The average molecular weight is 815 g/mol. The second-order valence-corrected chi connectivity index (χ2v) is 14.7. The number of ether oxygens (including phenoxy) is 1. The minimum Gasteiger partial charge on any atom is -0.445 e. The molecule has 0 saturated heterocycles. The number of nitrogens with one attached hydrogen (secondary N) is 7. The highest BCUT2D eigenvalue weighted by Crippen LogP contribution is 2.16.